The average Bonchev–Trinajstić information content (AvgIpc) is 3.16. The molecule has 1 aromatic heterocycles. The van der Waals surface area contributed by atoms with Crippen molar-refractivity contribution in [3.05, 3.63) is 29.3 Å². The molecule has 2 fully saturated rings. The molecule has 1 aromatic carbocycles. The normalized spacial score (nSPS) is 21.2. The van der Waals surface area contributed by atoms with Gasteiger partial charge in [-0.3, -0.25) is 4.79 Å². The Morgan fingerprint density at radius 2 is 2.19 bits per heavy atom. The molecular weight excluding hydrogens is 304 g/mol. The summed E-state index contributed by atoms with van der Waals surface area (Å²) in [4.78, 5) is 18.8. The van der Waals surface area contributed by atoms with Gasteiger partial charge in [0, 0.05) is 37.2 Å². The zero-order chi connectivity index (χ0) is 14.3. The van der Waals surface area contributed by atoms with Crippen LogP contribution in [0.5, 0.6) is 0 Å². The van der Waals surface area contributed by atoms with E-state index in [9.17, 15) is 4.79 Å². The summed E-state index contributed by atoms with van der Waals surface area (Å²) in [5.74, 6) is 1.21. The number of likely N-dealkylation sites (tertiary alicyclic amines) is 1. The number of thioether (sulfide) groups is 1. The molecule has 2 aliphatic heterocycles. The number of benzene rings is 1. The zero-order valence-electron chi connectivity index (χ0n) is 11.6. The number of hydrogen-bond acceptors (Lipinski definition) is 5. The molecule has 1 amide bonds. The second kappa shape index (κ2) is 5.26. The molecular formula is C15H16N2O2S2. The molecule has 0 radical (unpaired) electrons. The van der Waals surface area contributed by atoms with Gasteiger partial charge in [0.1, 0.15) is 4.93 Å². The van der Waals surface area contributed by atoms with E-state index in [1.54, 1.807) is 11.3 Å². The molecule has 0 saturated carbocycles. The Kier molecular flexibility index (Phi) is 3.40. The van der Waals surface area contributed by atoms with Crippen molar-refractivity contribution >= 4 is 39.2 Å². The minimum Gasteiger partial charge on any atom is -0.363 e. The van der Waals surface area contributed by atoms with Crippen molar-refractivity contribution in [2.24, 2.45) is 0 Å². The third-order valence-corrected chi connectivity index (χ3v) is 6.42. The Morgan fingerprint density at radius 1 is 1.33 bits per heavy atom. The van der Waals surface area contributed by atoms with Gasteiger partial charge in [0.05, 0.1) is 22.3 Å². The van der Waals surface area contributed by atoms with Gasteiger partial charge in [0.15, 0.2) is 0 Å². The van der Waals surface area contributed by atoms with Crippen LogP contribution in [0.3, 0.4) is 0 Å². The minimum absolute atomic E-state index is 0.0155. The van der Waals surface area contributed by atoms with Crippen LogP contribution >= 0.6 is 23.1 Å². The van der Waals surface area contributed by atoms with Gasteiger partial charge in [-0.05, 0) is 18.2 Å². The van der Waals surface area contributed by atoms with Crippen LogP contribution in [0, 0.1) is 0 Å². The predicted octanol–water partition coefficient (Wildman–Crippen LogP) is 2.99. The van der Waals surface area contributed by atoms with Crippen LogP contribution < -0.4 is 0 Å². The van der Waals surface area contributed by atoms with Gasteiger partial charge in [0.2, 0.25) is 0 Å². The topological polar surface area (TPSA) is 42.4 Å². The van der Waals surface area contributed by atoms with Crippen LogP contribution in [0.15, 0.2) is 23.7 Å². The first-order chi connectivity index (χ1) is 10.3. The lowest BCUT2D eigenvalue weighted by molar-refractivity contribution is 0.00353. The summed E-state index contributed by atoms with van der Waals surface area (Å²) >= 11 is 3.49. The summed E-state index contributed by atoms with van der Waals surface area (Å²) in [6.07, 6.45) is 1.87. The average molecular weight is 320 g/mol. The van der Waals surface area contributed by atoms with Crippen LogP contribution in [0.4, 0.5) is 0 Å². The number of carbonyl (C=O) groups excluding carboxylic acids is 1. The van der Waals surface area contributed by atoms with E-state index in [1.807, 2.05) is 40.4 Å². The molecule has 21 heavy (non-hydrogen) atoms. The highest BCUT2D eigenvalue weighted by Gasteiger charge is 2.40. The molecule has 4 nitrogen and oxygen atoms in total. The Hall–Kier alpha value is -1.11. The van der Waals surface area contributed by atoms with Gasteiger partial charge in [-0.25, -0.2) is 4.98 Å². The molecule has 0 bridgehead atoms. The molecule has 110 valence electrons. The molecule has 0 unspecified atom stereocenters. The fourth-order valence-electron chi connectivity index (χ4n) is 3.01. The Balaban J connectivity index is 1.50. The van der Waals surface area contributed by atoms with E-state index in [0.717, 1.165) is 54.1 Å². The second-order valence-electron chi connectivity index (χ2n) is 5.43. The molecule has 2 aromatic rings. The van der Waals surface area contributed by atoms with Gasteiger partial charge in [-0.1, -0.05) is 0 Å². The van der Waals surface area contributed by atoms with Crippen molar-refractivity contribution in [3.63, 3.8) is 0 Å². The van der Waals surface area contributed by atoms with Gasteiger partial charge in [-0.2, -0.15) is 0 Å². The number of piperidine rings is 1. The van der Waals surface area contributed by atoms with E-state index in [1.165, 1.54) is 0 Å². The predicted molar refractivity (Wildman–Crippen MR) is 85.9 cm³/mol. The lowest BCUT2D eigenvalue weighted by Crippen LogP contribution is -2.45. The van der Waals surface area contributed by atoms with Crippen LogP contribution in [-0.2, 0) is 4.74 Å². The molecule has 4 rings (SSSR count). The fraction of sp³-hybridized carbons (Fsp3) is 0.467. The number of ether oxygens (including phenoxy) is 1. The quantitative estimate of drug-likeness (QED) is 0.810. The van der Waals surface area contributed by atoms with Crippen LogP contribution in [0.25, 0.3) is 10.2 Å². The third kappa shape index (κ3) is 2.45. The molecule has 2 saturated heterocycles. The first kappa shape index (κ1) is 13.5. The molecule has 0 N–H and O–H groups in total. The van der Waals surface area contributed by atoms with Crippen molar-refractivity contribution < 1.29 is 9.53 Å². The van der Waals surface area contributed by atoms with Crippen molar-refractivity contribution in [1.82, 2.24) is 9.88 Å². The first-order valence-corrected chi connectivity index (χ1v) is 9.03. The summed E-state index contributed by atoms with van der Waals surface area (Å²) < 4.78 is 6.95. The Bertz CT molecular complexity index is 669. The van der Waals surface area contributed by atoms with Crippen molar-refractivity contribution in [3.8, 4) is 0 Å². The molecule has 2 aliphatic rings. The monoisotopic (exact) mass is 320 g/mol. The fourth-order valence-corrected chi connectivity index (χ4v) is 4.90. The van der Waals surface area contributed by atoms with E-state index in [2.05, 4.69) is 4.98 Å². The number of rotatable bonds is 1. The van der Waals surface area contributed by atoms with Crippen LogP contribution in [0.1, 0.15) is 23.2 Å². The van der Waals surface area contributed by atoms with E-state index >= 15 is 0 Å². The first-order valence-electron chi connectivity index (χ1n) is 7.16. The number of carbonyl (C=O) groups is 1. The summed E-state index contributed by atoms with van der Waals surface area (Å²) in [6, 6.07) is 5.77. The highest BCUT2D eigenvalue weighted by Crippen LogP contribution is 2.41. The minimum atomic E-state index is -0.0155. The highest BCUT2D eigenvalue weighted by molar-refractivity contribution is 8.00. The largest absolute Gasteiger partial charge is 0.363 e. The van der Waals surface area contributed by atoms with Crippen LogP contribution in [0.2, 0.25) is 0 Å². The van der Waals surface area contributed by atoms with E-state index in [4.69, 9.17) is 4.74 Å². The van der Waals surface area contributed by atoms with E-state index < -0.39 is 0 Å². The van der Waals surface area contributed by atoms with Gasteiger partial charge >= 0.3 is 0 Å². The number of fused-ring (bicyclic) bond motifs is 1. The van der Waals surface area contributed by atoms with Gasteiger partial charge in [-0.15, -0.1) is 23.1 Å². The maximum absolute atomic E-state index is 12.6. The number of aromatic nitrogens is 1. The SMILES string of the molecule is O=C(c1ccc2ncsc2c1)N1CCC2(CC1)OCCS2. The molecule has 0 aliphatic carbocycles. The lowest BCUT2D eigenvalue weighted by atomic mass is 10.1. The van der Waals surface area contributed by atoms with Crippen molar-refractivity contribution in [1.29, 1.82) is 0 Å². The number of nitrogens with zero attached hydrogens (tertiary/aromatic N) is 2. The van der Waals surface area contributed by atoms with Crippen molar-refractivity contribution in [2.45, 2.75) is 17.8 Å². The number of hydrogen-bond donors (Lipinski definition) is 0. The molecule has 0 atom stereocenters. The standard InChI is InChI=1S/C15H16N2O2S2/c18-14(11-1-2-12-13(9-11)20-10-16-12)17-5-3-15(4-6-17)19-7-8-21-15/h1-2,9-10H,3-8H2. The Labute approximate surface area is 131 Å². The molecule has 6 heteroatoms. The van der Waals surface area contributed by atoms with Gasteiger partial charge < -0.3 is 9.64 Å². The van der Waals surface area contributed by atoms with Crippen LogP contribution in [-0.4, -0.2) is 46.2 Å². The maximum Gasteiger partial charge on any atom is 0.253 e. The summed E-state index contributed by atoms with van der Waals surface area (Å²) in [5.41, 5.74) is 3.55. The summed E-state index contributed by atoms with van der Waals surface area (Å²) in [5, 5.41) is 0. The summed E-state index contributed by atoms with van der Waals surface area (Å²) in [7, 11) is 0. The number of thiazole rings is 1. The van der Waals surface area contributed by atoms with Crippen molar-refractivity contribution in [2.75, 3.05) is 25.4 Å². The number of amides is 1. The highest BCUT2D eigenvalue weighted by atomic mass is 32.2. The molecule has 1 spiro atoms. The van der Waals surface area contributed by atoms with Gasteiger partial charge in [0.25, 0.3) is 5.91 Å². The third-order valence-electron chi connectivity index (χ3n) is 4.20. The van der Waals surface area contributed by atoms with E-state index in [0.29, 0.717) is 0 Å². The maximum atomic E-state index is 12.6. The lowest BCUT2D eigenvalue weighted by Gasteiger charge is -2.37. The van der Waals surface area contributed by atoms with E-state index in [-0.39, 0.29) is 10.8 Å². The zero-order valence-corrected chi connectivity index (χ0v) is 13.2. The summed E-state index contributed by atoms with van der Waals surface area (Å²) in [6.45, 7) is 2.42. The smallest absolute Gasteiger partial charge is 0.253 e. The Morgan fingerprint density at radius 3 is 2.95 bits per heavy atom. The molecule has 3 heterocycles. The second-order valence-corrected chi connectivity index (χ2v) is 7.76.